The molecular formula is C16H25N3O. The number of aromatic nitrogens is 2. The van der Waals surface area contributed by atoms with Gasteiger partial charge < -0.3 is 10.2 Å². The second-order valence-corrected chi connectivity index (χ2v) is 7.46. The Morgan fingerprint density at radius 3 is 2.30 bits per heavy atom. The first kappa shape index (κ1) is 12.8. The van der Waals surface area contributed by atoms with E-state index in [0.29, 0.717) is 5.89 Å². The summed E-state index contributed by atoms with van der Waals surface area (Å²) < 4.78 is 5.64. The molecule has 4 nitrogen and oxygen atoms in total. The van der Waals surface area contributed by atoms with Gasteiger partial charge in [0, 0.05) is 6.42 Å². The molecule has 4 aliphatic carbocycles. The molecule has 20 heavy (non-hydrogen) atoms. The maximum absolute atomic E-state index is 5.76. The van der Waals surface area contributed by atoms with Crippen LogP contribution in [0.25, 0.3) is 0 Å². The van der Waals surface area contributed by atoms with Crippen LogP contribution >= 0.6 is 0 Å². The summed E-state index contributed by atoms with van der Waals surface area (Å²) in [6.45, 7) is 1.88. The van der Waals surface area contributed by atoms with E-state index in [0.717, 1.165) is 41.9 Å². The summed E-state index contributed by atoms with van der Waals surface area (Å²) >= 11 is 0. The summed E-state index contributed by atoms with van der Waals surface area (Å²) in [6, 6.07) is -0.155. The van der Waals surface area contributed by atoms with Crippen LogP contribution in [0.3, 0.4) is 0 Å². The molecule has 2 N–H and O–H groups in total. The van der Waals surface area contributed by atoms with E-state index in [2.05, 4.69) is 10.2 Å². The van der Waals surface area contributed by atoms with Crippen LogP contribution in [-0.2, 0) is 6.42 Å². The monoisotopic (exact) mass is 275 g/mol. The van der Waals surface area contributed by atoms with Gasteiger partial charge in [-0.15, -0.1) is 10.2 Å². The van der Waals surface area contributed by atoms with E-state index >= 15 is 0 Å². The molecule has 0 amide bonds. The standard InChI is InChI=1S/C16H25N3O/c1-9(17)16-19-18-15(20-16)3-2-14-12-5-10-4-11(7-12)8-13(14)6-10/h9-14H,2-8,17H2,1H3. The van der Waals surface area contributed by atoms with Crippen molar-refractivity contribution >= 4 is 0 Å². The highest BCUT2D eigenvalue weighted by atomic mass is 16.4. The fraction of sp³-hybridized carbons (Fsp3) is 0.875. The molecule has 1 heterocycles. The molecule has 1 aromatic rings. The maximum atomic E-state index is 5.76. The Labute approximate surface area is 120 Å². The summed E-state index contributed by atoms with van der Waals surface area (Å²) in [5, 5.41) is 8.17. The lowest BCUT2D eigenvalue weighted by molar-refractivity contribution is -0.0399. The van der Waals surface area contributed by atoms with Gasteiger partial charge in [-0.05, 0) is 75.0 Å². The highest BCUT2D eigenvalue weighted by Gasteiger charge is 2.47. The molecule has 1 unspecified atom stereocenters. The third-order valence-corrected chi connectivity index (χ3v) is 5.99. The normalized spacial score (nSPS) is 40.2. The highest BCUT2D eigenvalue weighted by molar-refractivity contribution is 4.99. The Morgan fingerprint density at radius 2 is 1.75 bits per heavy atom. The lowest BCUT2D eigenvalue weighted by atomic mass is 9.51. The molecule has 4 saturated carbocycles. The van der Waals surface area contributed by atoms with Crippen molar-refractivity contribution in [1.29, 1.82) is 0 Å². The van der Waals surface area contributed by atoms with Crippen molar-refractivity contribution in [3.05, 3.63) is 11.8 Å². The second-order valence-electron chi connectivity index (χ2n) is 7.46. The first-order valence-corrected chi connectivity index (χ1v) is 8.27. The molecule has 4 heteroatoms. The Bertz CT molecular complexity index is 454. The van der Waals surface area contributed by atoms with Crippen molar-refractivity contribution in [2.75, 3.05) is 0 Å². The minimum Gasteiger partial charge on any atom is -0.424 e. The van der Waals surface area contributed by atoms with Gasteiger partial charge in [-0.25, -0.2) is 0 Å². The third kappa shape index (κ3) is 2.18. The largest absolute Gasteiger partial charge is 0.424 e. The minimum atomic E-state index is -0.155. The van der Waals surface area contributed by atoms with E-state index in [1.54, 1.807) is 0 Å². The van der Waals surface area contributed by atoms with Crippen LogP contribution in [0, 0.1) is 29.6 Å². The molecule has 0 radical (unpaired) electrons. The Morgan fingerprint density at radius 1 is 1.10 bits per heavy atom. The number of nitrogens with zero attached hydrogens (tertiary/aromatic N) is 2. The van der Waals surface area contributed by atoms with Crippen molar-refractivity contribution in [3.8, 4) is 0 Å². The average Bonchev–Trinajstić information content (AvgIpc) is 2.86. The molecule has 1 aromatic heterocycles. The molecule has 0 saturated heterocycles. The second kappa shape index (κ2) is 4.83. The molecular weight excluding hydrogens is 250 g/mol. The Kier molecular flexibility index (Phi) is 3.09. The van der Waals surface area contributed by atoms with E-state index in [9.17, 15) is 0 Å². The summed E-state index contributed by atoms with van der Waals surface area (Å²) in [5.74, 6) is 6.36. The predicted octanol–water partition coefficient (Wildman–Crippen LogP) is 3.09. The first-order valence-electron chi connectivity index (χ1n) is 8.27. The molecule has 0 aliphatic heterocycles. The van der Waals surface area contributed by atoms with Gasteiger partial charge in [-0.2, -0.15) is 0 Å². The van der Waals surface area contributed by atoms with Crippen molar-refractivity contribution < 1.29 is 4.42 Å². The van der Waals surface area contributed by atoms with Crippen molar-refractivity contribution in [1.82, 2.24) is 10.2 Å². The van der Waals surface area contributed by atoms with Gasteiger partial charge >= 0.3 is 0 Å². The van der Waals surface area contributed by atoms with Gasteiger partial charge in [0.25, 0.3) is 0 Å². The van der Waals surface area contributed by atoms with Crippen LogP contribution in [-0.4, -0.2) is 10.2 Å². The molecule has 4 aliphatic rings. The van der Waals surface area contributed by atoms with E-state index < -0.39 is 0 Å². The third-order valence-electron chi connectivity index (χ3n) is 5.99. The Balaban J connectivity index is 1.39. The zero-order chi connectivity index (χ0) is 13.7. The number of hydrogen-bond acceptors (Lipinski definition) is 4. The lowest BCUT2D eigenvalue weighted by Gasteiger charge is -2.54. The van der Waals surface area contributed by atoms with Crippen LogP contribution in [0.15, 0.2) is 4.42 Å². The van der Waals surface area contributed by atoms with Gasteiger partial charge in [0.15, 0.2) is 0 Å². The van der Waals surface area contributed by atoms with Gasteiger partial charge in [0.2, 0.25) is 11.8 Å². The summed E-state index contributed by atoms with van der Waals surface area (Å²) in [5.41, 5.74) is 5.76. The van der Waals surface area contributed by atoms with Gasteiger partial charge in [0.05, 0.1) is 6.04 Å². The summed E-state index contributed by atoms with van der Waals surface area (Å²) in [7, 11) is 0. The van der Waals surface area contributed by atoms with Crippen LogP contribution in [0.4, 0.5) is 0 Å². The number of nitrogens with two attached hydrogens (primary N) is 1. The topological polar surface area (TPSA) is 64.9 Å². The molecule has 0 spiro atoms. The number of hydrogen-bond donors (Lipinski definition) is 1. The molecule has 4 fully saturated rings. The fourth-order valence-corrected chi connectivity index (χ4v) is 5.35. The average molecular weight is 275 g/mol. The quantitative estimate of drug-likeness (QED) is 0.917. The van der Waals surface area contributed by atoms with Crippen LogP contribution < -0.4 is 5.73 Å². The van der Waals surface area contributed by atoms with E-state index in [1.165, 1.54) is 38.5 Å². The highest BCUT2D eigenvalue weighted by Crippen LogP contribution is 2.57. The van der Waals surface area contributed by atoms with Crippen molar-refractivity contribution in [2.24, 2.45) is 35.3 Å². The predicted molar refractivity (Wildman–Crippen MR) is 75.8 cm³/mol. The van der Waals surface area contributed by atoms with Crippen molar-refractivity contribution in [2.45, 2.75) is 57.9 Å². The van der Waals surface area contributed by atoms with E-state index in [1.807, 2.05) is 6.92 Å². The molecule has 110 valence electrons. The number of rotatable bonds is 4. The molecule has 0 aromatic carbocycles. The zero-order valence-electron chi connectivity index (χ0n) is 12.3. The summed E-state index contributed by atoms with van der Waals surface area (Å²) in [4.78, 5) is 0. The van der Waals surface area contributed by atoms with Crippen LogP contribution in [0.5, 0.6) is 0 Å². The van der Waals surface area contributed by atoms with E-state index in [-0.39, 0.29) is 6.04 Å². The van der Waals surface area contributed by atoms with Gasteiger partial charge in [-0.1, -0.05) is 0 Å². The Hall–Kier alpha value is -0.900. The lowest BCUT2D eigenvalue weighted by Crippen LogP contribution is -2.45. The number of aryl methyl sites for hydroxylation is 1. The minimum absolute atomic E-state index is 0.155. The van der Waals surface area contributed by atoms with Crippen molar-refractivity contribution in [3.63, 3.8) is 0 Å². The van der Waals surface area contributed by atoms with E-state index in [4.69, 9.17) is 10.2 Å². The summed E-state index contributed by atoms with van der Waals surface area (Å²) in [6.07, 6.45) is 9.67. The SMILES string of the molecule is CC(N)c1nnc(CCC2C3CC4CC(C3)CC2C4)o1. The maximum Gasteiger partial charge on any atom is 0.232 e. The smallest absolute Gasteiger partial charge is 0.232 e. The van der Waals surface area contributed by atoms with Crippen LogP contribution in [0.2, 0.25) is 0 Å². The zero-order valence-corrected chi connectivity index (χ0v) is 12.3. The molecule has 4 bridgehead atoms. The van der Waals surface area contributed by atoms with Gasteiger partial charge in [0.1, 0.15) is 0 Å². The molecule has 1 atom stereocenters. The first-order chi connectivity index (χ1) is 9.69. The fourth-order valence-electron chi connectivity index (χ4n) is 5.35. The van der Waals surface area contributed by atoms with Gasteiger partial charge in [-0.3, -0.25) is 0 Å². The molecule has 5 rings (SSSR count). The van der Waals surface area contributed by atoms with Crippen LogP contribution in [0.1, 0.15) is 63.3 Å².